The number of carbonyl (C=O) groups excluding carboxylic acids is 3. The predicted octanol–water partition coefficient (Wildman–Crippen LogP) is 3.16. The number of imide groups is 1. The van der Waals surface area contributed by atoms with Crippen LogP contribution in [0.25, 0.3) is 0 Å². The Morgan fingerprint density at radius 2 is 1.77 bits per heavy atom. The second kappa shape index (κ2) is 8.65. The molecule has 0 unspecified atom stereocenters. The maximum Gasteiger partial charge on any atom is 0.254 e. The van der Waals surface area contributed by atoms with Gasteiger partial charge in [0.05, 0.1) is 6.54 Å². The van der Waals surface area contributed by atoms with Crippen molar-refractivity contribution in [2.75, 3.05) is 13.2 Å². The van der Waals surface area contributed by atoms with Crippen molar-refractivity contribution in [3.63, 3.8) is 0 Å². The Balaban J connectivity index is 1.34. The van der Waals surface area contributed by atoms with Crippen LogP contribution in [-0.2, 0) is 16.1 Å². The fourth-order valence-electron chi connectivity index (χ4n) is 3.56. The van der Waals surface area contributed by atoms with E-state index in [1.807, 2.05) is 12.1 Å². The van der Waals surface area contributed by atoms with Crippen LogP contribution in [0.3, 0.4) is 0 Å². The van der Waals surface area contributed by atoms with Crippen LogP contribution >= 0.6 is 0 Å². The lowest BCUT2D eigenvalue weighted by atomic mass is 10.1. The molecule has 4 rings (SSSR count). The summed E-state index contributed by atoms with van der Waals surface area (Å²) >= 11 is 0. The third kappa shape index (κ3) is 4.67. The van der Waals surface area contributed by atoms with Crippen molar-refractivity contribution in [1.82, 2.24) is 9.80 Å². The molecule has 2 aromatic carbocycles. The van der Waals surface area contributed by atoms with Gasteiger partial charge in [-0.1, -0.05) is 18.2 Å². The third-order valence-electron chi connectivity index (χ3n) is 5.33. The zero-order valence-corrected chi connectivity index (χ0v) is 16.6. The predicted molar refractivity (Wildman–Crippen MR) is 107 cm³/mol. The highest BCUT2D eigenvalue weighted by Gasteiger charge is 2.33. The lowest BCUT2D eigenvalue weighted by molar-refractivity contribution is -0.138. The SMILES string of the molecule is O=C1CCC(=O)N1CCOc1ccc(CN(C(=O)c2cccc(F)c2)C2CC2)cc1. The largest absolute Gasteiger partial charge is 0.492 e. The average molecular weight is 410 g/mol. The fourth-order valence-corrected chi connectivity index (χ4v) is 3.56. The topological polar surface area (TPSA) is 66.9 Å². The van der Waals surface area contributed by atoms with E-state index in [0.717, 1.165) is 18.4 Å². The van der Waals surface area contributed by atoms with Gasteiger partial charge in [0.1, 0.15) is 18.2 Å². The van der Waals surface area contributed by atoms with Gasteiger partial charge in [-0.3, -0.25) is 19.3 Å². The van der Waals surface area contributed by atoms with E-state index in [9.17, 15) is 18.8 Å². The number of rotatable bonds is 8. The summed E-state index contributed by atoms with van der Waals surface area (Å²) in [5.41, 5.74) is 1.30. The number of halogens is 1. The molecule has 1 saturated carbocycles. The van der Waals surface area contributed by atoms with E-state index in [-0.39, 0.29) is 49.8 Å². The fraction of sp³-hybridized carbons (Fsp3) is 0.348. The first kappa shape index (κ1) is 20.1. The molecule has 2 aromatic rings. The summed E-state index contributed by atoms with van der Waals surface area (Å²) in [7, 11) is 0. The molecule has 0 spiro atoms. The van der Waals surface area contributed by atoms with E-state index in [1.54, 1.807) is 29.2 Å². The lowest BCUT2D eigenvalue weighted by Crippen LogP contribution is -2.33. The lowest BCUT2D eigenvalue weighted by Gasteiger charge is -2.23. The summed E-state index contributed by atoms with van der Waals surface area (Å²) in [4.78, 5) is 39.1. The maximum absolute atomic E-state index is 13.5. The van der Waals surface area contributed by atoms with Crippen LogP contribution in [0.2, 0.25) is 0 Å². The van der Waals surface area contributed by atoms with Crippen molar-refractivity contribution in [2.45, 2.75) is 38.3 Å². The summed E-state index contributed by atoms with van der Waals surface area (Å²) in [6.45, 7) is 0.928. The van der Waals surface area contributed by atoms with E-state index in [1.165, 1.54) is 17.0 Å². The third-order valence-corrected chi connectivity index (χ3v) is 5.33. The van der Waals surface area contributed by atoms with Gasteiger partial charge >= 0.3 is 0 Å². The molecule has 1 aliphatic heterocycles. The summed E-state index contributed by atoms with van der Waals surface area (Å²) in [5.74, 6) is -0.260. The first-order chi connectivity index (χ1) is 14.5. The van der Waals surface area contributed by atoms with Crippen LogP contribution in [0.5, 0.6) is 5.75 Å². The second-order valence-corrected chi connectivity index (χ2v) is 7.61. The maximum atomic E-state index is 13.5. The summed E-state index contributed by atoms with van der Waals surface area (Å²) in [6.07, 6.45) is 2.46. The Morgan fingerprint density at radius 1 is 1.07 bits per heavy atom. The first-order valence-electron chi connectivity index (χ1n) is 10.1. The molecule has 1 aliphatic carbocycles. The van der Waals surface area contributed by atoms with Crippen molar-refractivity contribution >= 4 is 17.7 Å². The normalized spacial score (nSPS) is 16.1. The summed E-state index contributed by atoms with van der Waals surface area (Å²) in [6, 6.07) is 13.3. The minimum Gasteiger partial charge on any atom is -0.492 e. The Bertz CT molecular complexity index is 940. The molecule has 30 heavy (non-hydrogen) atoms. The summed E-state index contributed by atoms with van der Waals surface area (Å²) < 4.78 is 19.1. The number of hydrogen-bond acceptors (Lipinski definition) is 4. The molecule has 6 nitrogen and oxygen atoms in total. The molecule has 0 radical (unpaired) electrons. The Hall–Kier alpha value is -3.22. The van der Waals surface area contributed by atoms with E-state index >= 15 is 0 Å². The van der Waals surface area contributed by atoms with Crippen LogP contribution < -0.4 is 4.74 Å². The summed E-state index contributed by atoms with van der Waals surface area (Å²) in [5, 5.41) is 0. The number of nitrogens with zero attached hydrogens (tertiary/aromatic N) is 2. The Morgan fingerprint density at radius 3 is 2.40 bits per heavy atom. The molecular weight excluding hydrogens is 387 g/mol. The molecule has 0 N–H and O–H groups in total. The molecular formula is C23H23FN2O4. The Kier molecular flexibility index (Phi) is 5.79. The monoisotopic (exact) mass is 410 g/mol. The molecule has 1 heterocycles. The van der Waals surface area contributed by atoms with Gasteiger partial charge in [-0.25, -0.2) is 4.39 Å². The smallest absolute Gasteiger partial charge is 0.254 e. The van der Waals surface area contributed by atoms with Crippen molar-refractivity contribution in [1.29, 1.82) is 0 Å². The minimum absolute atomic E-state index is 0.151. The first-order valence-corrected chi connectivity index (χ1v) is 10.1. The molecule has 0 bridgehead atoms. The van der Waals surface area contributed by atoms with Gasteiger partial charge < -0.3 is 9.64 Å². The van der Waals surface area contributed by atoms with Gasteiger partial charge in [-0.05, 0) is 48.7 Å². The second-order valence-electron chi connectivity index (χ2n) is 7.61. The minimum atomic E-state index is -0.421. The van der Waals surface area contributed by atoms with Crippen LogP contribution in [0.4, 0.5) is 4.39 Å². The highest BCUT2D eigenvalue weighted by molar-refractivity contribution is 6.01. The molecule has 2 fully saturated rings. The van der Waals surface area contributed by atoms with Gasteiger partial charge in [0.25, 0.3) is 5.91 Å². The number of amides is 3. The Labute approximate surface area is 174 Å². The van der Waals surface area contributed by atoms with Crippen molar-refractivity contribution in [3.8, 4) is 5.75 Å². The number of ether oxygens (including phenoxy) is 1. The number of hydrogen-bond donors (Lipinski definition) is 0. The number of likely N-dealkylation sites (tertiary alicyclic amines) is 1. The molecule has 156 valence electrons. The quantitative estimate of drug-likeness (QED) is 0.627. The van der Waals surface area contributed by atoms with Gasteiger partial charge in [0.15, 0.2) is 0 Å². The van der Waals surface area contributed by atoms with Crippen molar-refractivity contribution < 1.29 is 23.5 Å². The van der Waals surface area contributed by atoms with Crippen LogP contribution in [-0.4, -0.2) is 46.7 Å². The number of benzene rings is 2. The molecule has 3 amide bonds. The van der Waals surface area contributed by atoms with E-state index in [0.29, 0.717) is 17.9 Å². The van der Waals surface area contributed by atoms with Crippen molar-refractivity contribution in [3.05, 3.63) is 65.5 Å². The van der Waals surface area contributed by atoms with Gasteiger partial charge in [-0.2, -0.15) is 0 Å². The standard InChI is InChI=1S/C23H23FN2O4/c24-18-3-1-2-17(14-18)23(29)26(19-6-7-19)15-16-4-8-20(9-5-16)30-13-12-25-21(27)10-11-22(25)28/h1-5,8-9,14,19H,6-7,10-13,15H2. The van der Waals surface area contributed by atoms with Crippen LogP contribution in [0, 0.1) is 5.82 Å². The van der Waals surface area contributed by atoms with E-state index in [2.05, 4.69) is 0 Å². The molecule has 0 aromatic heterocycles. The molecule has 2 aliphatic rings. The zero-order chi connectivity index (χ0) is 21.1. The van der Waals surface area contributed by atoms with E-state index < -0.39 is 5.82 Å². The highest BCUT2D eigenvalue weighted by Crippen LogP contribution is 2.30. The molecule has 7 heteroatoms. The van der Waals surface area contributed by atoms with Gasteiger partial charge in [0.2, 0.25) is 11.8 Å². The average Bonchev–Trinajstić information content (AvgIpc) is 3.54. The van der Waals surface area contributed by atoms with Gasteiger partial charge in [0, 0.05) is 31.0 Å². The molecule has 1 saturated heterocycles. The highest BCUT2D eigenvalue weighted by atomic mass is 19.1. The van der Waals surface area contributed by atoms with Crippen molar-refractivity contribution in [2.24, 2.45) is 0 Å². The van der Waals surface area contributed by atoms with Gasteiger partial charge in [-0.15, -0.1) is 0 Å². The van der Waals surface area contributed by atoms with E-state index in [4.69, 9.17) is 4.74 Å². The zero-order valence-electron chi connectivity index (χ0n) is 16.6. The van der Waals surface area contributed by atoms with Crippen LogP contribution in [0.1, 0.15) is 41.6 Å². The van der Waals surface area contributed by atoms with Crippen LogP contribution in [0.15, 0.2) is 48.5 Å². The number of carbonyl (C=O) groups is 3. The molecule has 0 atom stereocenters.